The van der Waals surface area contributed by atoms with Crippen molar-refractivity contribution in [2.45, 2.75) is 45.2 Å². The van der Waals surface area contributed by atoms with E-state index in [1.807, 2.05) is 0 Å². The Morgan fingerprint density at radius 2 is 2.08 bits per heavy atom. The monoisotopic (exact) mass is 334 g/mol. The minimum absolute atomic E-state index is 0.106. The number of esters is 1. The van der Waals surface area contributed by atoms with Gasteiger partial charge in [-0.1, -0.05) is 0 Å². The number of methoxy groups -OCH3 is 1. The van der Waals surface area contributed by atoms with Crippen LogP contribution in [0.5, 0.6) is 0 Å². The third-order valence-electron chi connectivity index (χ3n) is 4.58. The van der Waals surface area contributed by atoms with Crippen LogP contribution in [-0.2, 0) is 20.9 Å². The summed E-state index contributed by atoms with van der Waals surface area (Å²) >= 11 is 0. The van der Waals surface area contributed by atoms with Gasteiger partial charge in [0.25, 0.3) is 0 Å². The van der Waals surface area contributed by atoms with E-state index in [1.165, 1.54) is 7.11 Å². The summed E-state index contributed by atoms with van der Waals surface area (Å²) in [6, 6.07) is 1.18. The van der Waals surface area contributed by atoms with Crippen molar-refractivity contribution in [2.24, 2.45) is 5.92 Å². The highest BCUT2D eigenvalue weighted by Gasteiger charge is 2.40. The minimum Gasteiger partial charge on any atom is -0.465 e. The van der Waals surface area contributed by atoms with E-state index >= 15 is 0 Å². The zero-order chi connectivity index (χ0) is 17.3. The molecule has 7 heteroatoms. The number of amides is 2. The van der Waals surface area contributed by atoms with Crippen molar-refractivity contribution >= 4 is 17.8 Å². The molecule has 130 valence electrons. The van der Waals surface area contributed by atoms with E-state index < -0.39 is 12.0 Å². The topological polar surface area (TPSA) is 88.9 Å². The maximum absolute atomic E-state index is 12.4. The summed E-state index contributed by atoms with van der Waals surface area (Å²) in [6.45, 7) is 2.50. The fraction of sp³-hybridized carbons (Fsp3) is 0.588. The van der Waals surface area contributed by atoms with E-state index in [4.69, 9.17) is 4.42 Å². The van der Waals surface area contributed by atoms with Gasteiger partial charge >= 0.3 is 5.97 Å². The number of rotatable bonds is 5. The SMILES string of the molecule is COC(=O)c1cc(CNC(=O)C2CCCN2C(=O)C2CC2)oc1C. The molecule has 1 saturated carbocycles. The van der Waals surface area contributed by atoms with Gasteiger partial charge in [0, 0.05) is 12.5 Å². The lowest BCUT2D eigenvalue weighted by Crippen LogP contribution is -2.46. The lowest BCUT2D eigenvalue weighted by Gasteiger charge is -2.23. The van der Waals surface area contributed by atoms with Crippen LogP contribution in [0.2, 0.25) is 0 Å². The zero-order valence-corrected chi connectivity index (χ0v) is 14.0. The summed E-state index contributed by atoms with van der Waals surface area (Å²) in [7, 11) is 1.31. The summed E-state index contributed by atoms with van der Waals surface area (Å²) in [4.78, 5) is 37.9. The van der Waals surface area contributed by atoms with Crippen LogP contribution in [-0.4, -0.2) is 42.4 Å². The van der Waals surface area contributed by atoms with Crippen LogP contribution in [0.3, 0.4) is 0 Å². The predicted octanol–water partition coefficient (Wildman–Crippen LogP) is 1.39. The molecule has 0 bridgehead atoms. The quantitative estimate of drug-likeness (QED) is 0.822. The van der Waals surface area contributed by atoms with Gasteiger partial charge in [-0.2, -0.15) is 0 Å². The largest absolute Gasteiger partial charge is 0.465 e. The molecule has 0 aromatic carbocycles. The van der Waals surface area contributed by atoms with Crippen LogP contribution in [0.15, 0.2) is 10.5 Å². The molecule has 24 heavy (non-hydrogen) atoms. The predicted molar refractivity (Wildman–Crippen MR) is 84.1 cm³/mol. The molecule has 2 aliphatic rings. The number of carbonyl (C=O) groups excluding carboxylic acids is 3. The molecule has 1 atom stereocenters. The Morgan fingerprint density at radius 1 is 1.33 bits per heavy atom. The van der Waals surface area contributed by atoms with Gasteiger partial charge < -0.3 is 19.4 Å². The Kier molecular flexibility index (Phi) is 4.59. The fourth-order valence-corrected chi connectivity index (χ4v) is 3.10. The molecule has 0 spiro atoms. The van der Waals surface area contributed by atoms with Crippen LogP contribution >= 0.6 is 0 Å². The number of furan rings is 1. The number of hydrogen-bond acceptors (Lipinski definition) is 5. The van der Waals surface area contributed by atoms with Crippen LogP contribution in [0.1, 0.15) is 47.6 Å². The van der Waals surface area contributed by atoms with Crippen molar-refractivity contribution in [3.63, 3.8) is 0 Å². The summed E-state index contributed by atoms with van der Waals surface area (Å²) < 4.78 is 10.2. The maximum atomic E-state index is 12.4. The average Bonchev–Trinajstić information content (AvgIpc) is 3.19. The molecule has 2 heterocycles. The fourth-order valence-electron chi connectivity index (χ4n) is 3.10. The van der Waals surface area contributed by atoms with Gasteiger partial charge in [0.1, 0.15) is 23.1 Å². The van der Waals surface area contributed by atoms with E-state index in [0.717, 1.165) is 19.3 Å². The molecule has 0 radical (unpaired) electrons. The first-order chi connectivity index (χ1) is 11.5. The molecule has 1 aromatic heterocycles. The van der Waals surface area contributed by atoms with Gasteiger partial charge in [-0.3, -0.25) is 9.59 Å². The summed E-state index contributed by atoms with van der Waals surface area (Å²) in [6.07, 6.45) is 3.41. The van der Waals surface area contributed by atoms with Crippen LogP contribution < -0.4 is 5.32 Å². The minimum atomic E-state index is -0.467. The first kappa shape index (κ1) is 16.5. The van der Waals surface area contributed by atoms with E-state index in [2.05, 4.69) is 10.1 Å². The van der Waals surface area contributed by atoms with E-state index in [1.54, 1.807) is 17.9 Å². The Morgan fingerprint density at radius 3 is 2.75 bits per heavy atom. The molecule has 1 aliphatic heterocycles. The number of hydrogen-bond donors (Lipinski definition) is 1. The van der Waals surface area contributed by atoms with Crippen molar-refractivity contribution < 1.29 is 23.5 Å². The summed E-state index contributed by atoms with van der Waals surface area (Å²) in [5, 5.41) is 2.80. The molecular weight excluding hydrogens is 312 g/mol. The van der Waals surface area contributed by atoms with Gasteiger partial charge in [0.2, 0.25) is 11.8 Å². The second-order valence-corrected chi connectivity index (χ2v) is 6.36. The number of aryl methyl sites for hydroxylation is 1. The molecule has 7 nitrogen and oxygen atoms in total. The first-order valence-electron chi connectivity index (χ1n) is 8.27. The molecule has 1 aromatic rings. The number of nitrogens with zero attached hydrogens (tertiary/aromatic N) is 1. The lowest BCUT2D eigenvalue weighted by atomic mass is 10.2. The third-order valence-corrected chi connectivity index (χ3v) is 4.58. The third kappa shape index (κ3) is 3.29. The van der Waals surface area contributed by atoms with Crippen molar-refractivity contribution in [3.8, 4) is 0 Å². The highest BCUT2D eigenvalue weighted by atomic mass is 16.5. The van der Waals surface area contributed by atoms with Crippen LogP contribution in [0.25, 0.3) is 0 Å². The molecule has 1 aliphatic carbocycles. The number of likely N-dealkylation sites (tertiary alicyclic amines) is 1. The van der Waals surface area contributed by atoms with Crippen LogP contribution in [0.4, 0.5) is 0 Å². The smallest absolute Gasteiger partial charge is 0.341 e. The van der Waals surface area contributed by atoms with Gasteiger partial charge in [-0.15, -0.1) is 0 Å². The van der Waals surface area contributed by atoms with Gasteiger partial charge in [0.15, 0.2) is 0 Å². The molecule has 2 fully saturated rings. The van der Waals surface area contributed by atoms with Crippen molar-refractivity contribution in [1.29, 1.82) is 0 Å². The Balaban J connectivity index is 1.59. The van der Waals surface area contributed by atoms with Crippen molar-refractivity contribution in [2.75, 3.05) is 13.7 Å². The zero-order valence-electron chi connectivity index (χ0n) is 14.0. The summed E-state index contributed by atoms with van der Waals surface area (Å²) in [5.74, 6) is 0.529. The second kappa shape index (κ2) is 6.67. The molecule has 2 amide bonds. The van der Waals surface area contributed by atoms with Crippen molar-refractivity contribution in [1.82, 2.24) is 10.2 Å². The van der Waals surface area contributed by atoms with E-state index in [9.17, 15) is 14.4 Å². The molecule has 3 rings (SSSR count). The normalized spacial score (nSPS) is 20.1. The Hall–Kier alpha value is -2.31. The van der Waals surface area contributed by atoms with Gasteiger partial charge in [-0.05, 0) is 38.7 Å². The Labute approximate surface area is 140 Å². The van der Waals surface area contributed by atoms with E-state index in [0.29, 0.717) is 30.0 Å². The highest BCUT2D eigenvalue weighted by molar-refractivity contribution is 5.91. The summed E-state index contributed by atoms with van der Waals surface area (Å²) in [5.41, 5.74) is 0.355. The second-order valence-electron chi connectivity index (χ2n) is 6.36. The highest BCUT2D eigenvalue weighted by Crippen LogP contribution is 2.33. The lowest BCUT2D eigenvalue weighted by molar-refractivity contribution is -0.139. The number of nitrogens with one attached hydrogen (secondary N) is 1. The maximum Gasteiger partial charge on any atom is 0.341 e. The first-order valence-corrected chi connectivity index (χ1v) is 8.27. The molecule has 1 unspecified atom stereocenters. The van der Waals surface area contributed by atoms with Gasteiger partial charge in [0.05, 0.1) is 13.7 Å². The molecule has 1 N–H and O–H groups in total. The molecular formula is C17H22N2O5. The van der Waals surface area contributed by atoms with Gasteiger partial charge in [-0.25, -0.2) is 4.79 Å². The van der Waals surface area contributed by atoms with Crippen LogP contribution in [0, 0.1) is 12.8 Å². The molecule has 1 saturated heterocycles. The number of ether oxygens (including phenoxy) is 1. The Bertz CT molecular complexity index is 662. The van der Waals surface area contributed by atoms with Crippen molar-refractivity contribution in [3.05, 3.63) is 23.2 Å². The standard InChI is InChI=1S/C17H22N2O5/c1-10-13(17(22)23-2)8-12(24-10)9-18-15(20)14-4-3-7-19(14)16(21)11-5-6-11/h8,11,14H,3-7,9H2,1-2H3,(H,18,20). The van der Waals surface area contributed by atoms with E-state index in [-0.39, 0.29) is 24.3 Å². The number of carbonyl (C=O) groups is 3. The average molecular weight is 334 g/mol.